The molecular formula is C54H66ClF2N13O. The molecule has 0 aliphatic carbocycles. The van der Waals surface area contributed by atoms with E-state index in [0.717, 1.165) is 150 Å². The molecule has 11 rings (SSSR count). The quantitative estimate of drug-likeness (QED) is 0.141. The first-order valence-corrected chi connectivity index (χ1v) is 26.3. The van der Waals surface area contributed by atoms with Crippen molar-refractivity contribution in [2.75, 3.05) is 85.0 Å². The van der Waals surface area contributed by atoms with Crippen LogP contribution in [0.25, 0.3) is 11.1 Å². The molecule has 3 aromatic heterocycles. The van der Waals surface area contributed by atoms with E-state index in [1.807, 2.05) is 29.2 Å². The summed E-state index contributed by atoms with van der Waals surface area (Å²) in [5.74, 6) is 3.87. The Kier molecular flexibility index (Phi) is 12.9. The minimum absolute atomic E-state index is 0.000928. The zero-order chi connectivity index (χ0) is 49.1. The van der Waals surface area contributed by atoms with Gasteiger partial charge in [-0.05, 0) is 129 Å². The van der Waals surface area contributed by atoms with Crippen molar-refractivity contribution in [3.05, 3.63) is 87.8 Å². The highest BCUT2D eigenvalue weighted by molar-refractivity contribution is 6.32. The van der Waals surface area contributed by atoms with E-state index < -0.39 is 6.43 Å². The monoisotopic (exact) mass is 986 g/mol. The second-order valence-corrected chi connectivity index (χ2v) is 22.0. The molecular weight excluding hydrogens is 920 g/mol. The highest BCUT2D eigenvalue weighted by atomic mass is 35.5. The lowest BCUT2D eigenvalue weighted by atomic mass is 9.77. The number of hydrogen-bond acceptors (Lipinski definition) is 11. The molecule has 374 valence electrons. The van der Waals surface area contributed by atoms with Crippen molar-refractivity contribution in [1.29, 1.82) is 5.26 Å². The zero-order valence-electron chi connectivity index (χ0n) is 41.6. The second kappa shape index (κ2) is 19.3. The molecule has 1 amide bonds. The van der Waals surface area contributed by atoms with Crippen LogP contribution in [-0.4, -0.2) is 117 Å². The second-order valence-electron chi connectivity index (χ2n) is 21.6. The van der Waals surface area contributed by atoms with E-state index in [1.54, 1.807) is 37.1 Å². The Morgan fingerprint density at radius 2 is 1.72 bits per heavy atom. The number of fused-ring (bicyclic) bond motifs is 2. The fourth-order valence-electron chi connectivity index (χ4n) is 13.1. The average molecular weight is 987 g/mol. The summed E-state index contributed by atoms with van der Waals surface area (Å²) in [5, 5.41) is 29.1. The van der Waals surface area contributed by atoms with Gasteiger partial charge in [-0.15, -0.1) is 10.2 Å². The molecule has 6 aliphatic heterocycles. The number of piperidine rings is 3. The van der Waals surface area contributed by atoms with Crippen molar-refractivity contribution >= 4 is 46.3 Å². The molecule has 0 radical (unpaired) electrons. The van der Waals surface area contributed by atoms with Crippen molar-refractivity contribution in [2.24, 2.45) is 24.3 Å². The van der Waals surface area contributed by atoms with Crippen molar-refractivity contribution in [2.45, 2.75) is 104 Å². The number of anilines is 5. The van der Waals surface area contributed by atoms with Crippen LogP contribution in [0, 0.1) is 28.6 Å². The van der Waals surface area contributed by atoms with E-state index in [1.165, 1.54) is 5.69 Å². The van der Waals surface area contributed by atoms with E-state index in [-0.39, 0.29) is 22.9 Å². The fourth-order valence-corrected chi connectivity index (χ4v) is 13.3. The molecule has 5 aromatic rings. The van der Waals surface area contributed by atoms with Gasteiger partial charge in [0.2, 0.25) is 5.91 Å². The van der Waals surface area contributed by atoms with Crippen molar-refractivity contribution in [3.63, 3.8) is 0 Å². The Hall–Kier alpha value is -5.79. The lowest BCUT2D eigenvalue weighted by Gasteiger charge is -2.41. The number of benzene rings is 2. The SMILES string of the molecule is CC(=O)N1CCc2c(c(N3CCCc4cc(-c5cnn(C)c5)c(C(F)F)cc43)nn2C2CCN(C[C@H]3CCN(c4ccc(N5CCC6(CC5)C[C@H](C)N(c5ccc(C#N)c(Cl)c5)C6)nn4)C[C@H]3C)CC2)C1. The van der Waals surface area contributed by atoms with E-state index in [2.05, 4.69) is 66.3 Å². The van der Waals surface area contributed by atoms with Gasteiger partial charge in [0.15, 0.2) is 17.5 Å². The third-order valence-corrected chi connectivity index (χ3v) is 17.5. The number of carbonyl (C=O) groups is 1. The van der Waals surface area contributed by atoms with Crippen molar-refractivity contribution in [1.82, 2.24) is 39.6 Å². The van der Waals surface area contributed by atoms with Gasteiger partial charge in [0.25, 0.3) is 6.43 Å². The molecule has 14 nitrogen and oxygen atoms in total. The molecule has 9 heterocycles. The van der Waals surface area contributed by atoms with Gasteiger partial charge in [0.05, 0.1) is 29.4 Å². The Morgan fingerprint density at radius 1 is 0.944 bits per heavy atom. The number of likely N-dealkylation sites (tertiary alicyclic amines) is 1. The normalized spacial score (nSPS) is 22.9. The molecule has 0 bridgehead atoms. The standard InChI is InChI=1S/C54H66ClF2N13O/c1-35-30-67(51-10-9-50(60-61-51)65-22-15-54(16-23-65)27-36(2)69(34-54)43-8-7-39(28-58)47(55)25-43)20-11-40(35)32-64-18-12-42(13-19-64)70-48-14-21-66(37(3)71)33-46(48)53(62-70)68-17-5-6-38-24-44(41-29-59-63(4)31-41)45(52(56)57)26-49(38)68/h7-10,24-26,29,31,35-36,40,42,52H,5-6,11-23,27,30,32-34H2,1-4H3/t35-,36+,40-/m1/s1. The third-order valence-electron chi connectivity index (χ3n) is 17.1. The van der Waals surface area contributed by atoms with E-state index >= 15 is 0 Å². The van der Waals surface area contributed by atoms with Crippen LogP contribution in [0.4, 0.5) is 37.6 Å². The number of carbonyl (C=O) groups excluding carboxylic acids is 1. The van der Waals surface area contributed by atoms with Crippen LogP contribution in [-0.2, 0) is 31.2 Å². The van der Waals surface area contributed by atoms with Gasteiger partial charge in [0.1, 0.15) is 6.07 Å². The molecule has 4 saturated heterocycles. The maximum atomic E-state index is 14.8. The number of alkyl halides is 2. The molecule has 6 aliphatic rings. The van der Waals surface area contributed by atoms with Crippen LogP contribution < -0.4 is 19.6 Å². The smallest absolute Gasteiger partial charge is 0.264 e. The Balaban J connectivity index is 0.704. The molecule has 3 atom stereocenters. The van der Waals surface area contributed by atoms with Crippen LogP contribution >= 0.6 is 11.6 Å². The van der Waals surface area contributed by atoms with Gasteiger partial charge in [-0.2, -0.15) is 15.5 Å². The average Bonchev–Trinajstić information content (AvgIpc) is 4.08. The molecule has 71 heavy (non-hydrogen) atoms. The van der Waals surface area contributed by atoms with Crippen LogP contribution in [0.3, 0.4) is 0 Å². The largest absolute Gasteiger partial charge is 0.368 e. The summed E-state index contributed by atoms with van der Waals surface area (Å²) in [6.45, 7) is 16.0. The van der Waals surface area contributed by atoms with Crippen molar-refractivity contribution in [3.8, 4) is 17.2 Å². The Morgan fingerprint density at radius 3 is 2.39 bits per heavy atom. The van der Waals surface area contributed by atoms with Gasteiger partial charge in [-0.25, -0.2) is 8.78 Å². The maximum absolute atomic E-state index is 14.8. The van der Waals surface area contributed by atoms with Crippen molar-refractivity contribution < 1.29 is 13.6 Å². The third kappa shape index (κ3) is 9.22. The Labute approximate surface area is 421 Å². The van der Waals surface area contributed by atoms with Gasteiger partial charge >= 0.3 is 0 Å². The molecule has 4 fully saturated rings. The number of hydrogen-bond donors (Lipinski definition) is 0. The van der Waals surface area contributed by atoms with Crippen LogP contribution in [0.15, 0.2) is 54.9 Å². The number of nitriles is 1. The van der Waals surface area contributed by atoms with E-state index in [0.29, 0.717) is 59.2 Å². The highest BCUT2D eigenvalue weighted by Crippen LogP contribution is 2.47. The maximum Gasteiger partial charge on any atom is 0.264 e. The van der Waals surface area contributed by atoms with E-state index in [9.17, 15) is 18.8 Å². The summed E-state index contributed by atoms with van der Waals surface area (Å²) in [6, 6.07) is 16.6. The molecule has 17 heteroatoms. The summed E-state index contributed by atoms with van der Waals surface area (Å²) >= 11 is 6.42. The minimum atomic E-state index is -2.65. The minimum Gasteiger partial charge on any atom is -0.368 e. The van der Waals surface area contributed by atoms with Crippen LogP contribution in [0.1, 0.15) is 106 Å². The number of aromatic nitrogens is 6. The summed E-state index contributed by atoms with van der Waals surface area (Å²) in [6.07, 6.45) is 9.65. The predicted molar refractivity (Wildman–Crippen MR) is 274 cm³/mol. The molecule has 1 spiro atoms. The van der Waals surface area contributed by atoms with Gasteiger partial charge in [-0.1, -0.05) is 18.5 Å². The summed E-state index contributed by atoms with van der Waals surface area (Å²) in [4.78, 5) is 26.7. The lowest BCUT2D eigenvalue weighted by Crippen LogP contribution is -2.46. The molecule has 0 N–H and O–H groups in total. The lowest BCUT2D eigenvalue weighted by molar-refractivity contribution is -0.129. The number of nitrogens with zero attached hydrogens (tertiary/aromatic N) is 13. The van der Waals surface area contributed by atoms with E-state index in [4.69, 9.17) is 26.9 Å². The topological polar surface area (TPSA) is 122 Å². The zero-order valence-corrected chi connectivity index (χ0v) is 42.3. The number of halogens is 3. The van der Waals surface area contributed by atoms with Gasteiger partial charge < -0.3 is 29.4 Å². The molecule has 2 aromatic carbocycles. The summed E-state index contributed by atoms with van der Waals surface area (Å²) < 4.78 is 33.5. The van der Waals surface area contributed by atoms with Crippen LogP contribution in [0.2, 0.25) is 5.02 Å². The first kappa shape index (κ1) is 47.5. The summed E-state index contributed by atoms with van der Waals surface area (Å²) in [7, 11) is 1.80. The van der Waals surface area contributed by atoms with Gasteiger partial charge in [0, 0.05) is 132 Å². The number of rotatable bonds is 9. The van der Waals surface area contributed by atoms with Gasteiger partial charge in [-0.3, -0.25) is 14.2 Å². The molecule has 0 saturated carbocycles. The first-order chi connectivity index (χ1) is 34.3. The first-order valence-electron chi connectivity index (χ1n) is 25.9. The highest BCUT2D eigenvalue weighted by Gasteiger charge is 2.45. The summed E-state index contributed by atoms with van der Waals surface area (Å²) in [5.41, 5.74) is 7.15. The number of aryl methyl sites for hydroxylation is 2. The fraction of sp³-hybridized carbons (Fsp3) is 0.556. The predicted octanol–water partition coefficient (Wildman–Crippen LogP) is 9.21. The van der Waals surface area contributed by atoms with Crippen LogP contribution in [0.5, 0.6) is 0 Å². The number of amides is 1. The molecule has 0 unspecified atom stereocenters. The Bertz CT molecular complexity index is 2810.